The van der Waals surface area contributed by atoms with E-state index in [9.17, 15) is 13.5 Å². The Hall–Kier alpha value is -1.11. The molecule has 0 amide bonds. The molecule has 1 aromatic rings. The highest BCUT2D eigenvalue weighted by atomic mass is 32.2. The summed E-state index contributed by atoms with van der Waals surface area (Å²) in [6, 6.07) is 6.00. The Labute approximate surface area is 120 Å². The maximum absolute atomic E-state index is 12.3. The lowest BCUT2D eigenvalue weighted by Gasteiger charge is -2.36. The van der Waals surface area contributed by atoms with Crippen LogP contribution in [-0.2, 0) is 10.0 Å². The van der Waals surface area contributed by atoms with Crippen molar-refractivity contribution in [1.82, 2.24) is 9.62 Å². The van der Waals surface area contributed by atoms with Crippen molar-refractivity contribution in [2.75, 3.05) is 20.6 Å². The molecule has 0 unspecified atom stereocenters. The fourth-order valence-corrected chi connectivity index (χ4v) is 4.02. The van der Waals surface area contributed by atoms with Gasteiger partial charge in [0.2, 0.25) is 10.0 Å². The number of phenolic OH excluding ortho intramolecular Hbond substituents is 1. The highest BCUT2D eigenvalue weighted by Gasteiger charge is 2.37. The number of aromatic hydroxyl groups is 1. The molecule has 2 rings (SSSR count). The average Bonchev–Trinajstić information content (AvgIpc) is 2.87. The van der Waals surface area contributed by atoms with E-state index >= 15 is 0 Å². The van der Waals surface area contributed by atoms with Crippen molar-refractivity contribution in [1.29, 1.82) is 0 Å². The molecule has 0 aromatic heterocycles. The second-order valence-electron chi connectivity index (χ2n) is 5.62. The van der Waals surface area contributed by atoms with Gasteiger partial charge in [0.05, 0.1) is 0 Å². The van der Waals surface area contributed by atoms with Gasteiger partial charge in [0, 0.05) is 12.1 Å². The molecule has 1 fully saturated rings. The Morgan fingerprint density at radius 3 is 2.40 bits per heavy atom. The number of nitrogens with one attached hydrogen (secondary N) is 1. The monoisotopic (exact) mass is 298 g/mol. The fourth-order valence-electron chi connectivity index (χ4n) is 2.81. The van der Waals surface area contributed by atoms with Gasteiger partial charge < -0.3 is 10.0 Å². The molecule has 0 radical (unpaired) electrons. The highest BCUT2D eigenvalue weighted by molar-refractivity contribution is 7.89. The van der Waals surface area contributed by atoms with E-state index in [-0.39, 0.29) is 16.2 Å². The van der Waals surface area contributed by atoms with E-state index in [1.807, 2.05) is 14.1 Å². The maximum Gasteiger partial charge on any atom is 0.244 e. The summed E-state index contributed by atoms with van der Waals surface area (Å²) >= 11 is 0. The first-order valence-corrected chi connectivity index (χ1v) is 8.31. The van der Waals surface area contributed by atoms with Gasteiger partial charge in [0.15, 0.2) is 0 Å². The summed E-state index contributed by atoms with van der Waals surface area (Å²) in [5, 5.41) is 9.68. The van der Waals surface area contributed by atoms with Gasteiger partial charge in [0.25, 0.3) is 0 Å². The fraction of sp³-hybridized carbons (Fsp3) is 0.571. The van der Waals surface area contributed by atoms with Gasteiger partial charge in [-0.15, -0.1) is 0 Å². The zero-order chi connectivity index (χ0) is 14.8. The van der Waals surface area contributed by atoms with Crippen LogP contribution in [0.15, 0.2) is 29.2 Å². The summed E-state index contributed by atoms with van der Waals surface area (Å²) in [6.07, 6.45) is 4.22. The standard InChI is InChI=1S/C14H22N2O3S/c1-16(2)14(9-5-6-10-14)11-15-20(18,19)13-8-4-3-7-12(13)17/h3-4,7-8,15,17H,5-6,9-11H2,1-2H3. The minimum atomic E-state index is -3.68. The second-order valence-corrected chi connectivity index (χ2v) is 7.35. The molecule has 5 nitrogen and oxygen atoms in total. The number of sulfonamides is 1. The zero-order valence-electron chi connectivity index (χ0n) is 12.0. The number of nitrogens with zero attached hydrogens (tertiary/aromatic N) is 1. The Balaban J connectivity index is 2.15. The minimum Gasteiger partial charge on any atom is -0.507 e. The second kappa shape index (κ2) is 5.71. The Bertz CT molecular complexity index is 564. The topological polar surface area (TPSA) is 69.6 Å². The average molecular weight is 298 g/mol. The molecule has 6 heteroatoms. The van der Waals surface area contributed by atoms with Gasteiger partial charge in [-0.2, -0.15) is 0 Å². The van der Waals surface area contributed by atoms with Crippen LogP contribution in [0.3, 0.4) is 0 Å². The van der Waals surface area contributed by atoms with Gasteiger partial charge >= 0.3 is 0 Å². The van der Waals surface area contributed by atoms with Gasteiger partial charge in [-0.3, -0.25) is 0 Å². The van der Waals surface area contributed by atoms with Crippen LogP contribution in [0.4, 0.5) is 0 Å². The Morgan fingerprint density at radius 1 is 1.25 bits per heavy atom. The van der Waals surface area contributed by atoms with Crippen LogP contribution < -0.4 is 4.72 Å². The number of hydrogen-bond acceptors (Lipinski definition) is 4. The molecular weight excluding hydrogens is 276 g/mol. The van der Waals surface area contributed by atoms with Crippen molar-refractivity contribution < 1.29 is 13.5 Å². The third kappa shape index (κ3) is 2.97. The summed E-state index contributed by atoms with van der Waals surface area (Å²) < 4.78 is 27.2. The molecule has 0 saturated heterocycles. The SMILES string of the molecule is CN(C)C1(CNS(=O)(=O)c2ccccc2O)CCCC1. The number of rotatable bonds is 5. The van der Waals surface area contributed by atoms with E-state index in [0.717, 1.165) is 25.7 Å². The van der Waals surface area contributed by atoms with E-state index in [1.165, 1.54) is 12.1 Å². The predicted octanol–water partition coefficient (Wildman–Crippen LogP) is 1.54. The molecule has 1 aliphatic rings. The van der Waals surface area contributed by atoms with E-state index in [4.69, 9.17) is 0 Å². The molecule has 20 heavy (non-hydrogen) atoms. The number of phenols is 1. The smallest absolute Gasteiger partial charge is 0.244 e. The lowest BCUT2D eigenvalue weighted by molar-refractivity contribution is 0.162. The third-order valence-corrected chi connectivity index (χ3v) is 5.68. The summed E-state index contributed by atoms with van der Waals surface area (Å²) in [5.41, 5.74) is -0.114. The Kier molecular flexibility index (Phi) is 4.36. The molecule has 112 valence electrons. The van der Waals surface area contributed by atoms with Crippen molar-refractivity contribution in [3.8, 4) is 5.75 Å². The molecule has 1 aliphatic carbocycles. The molecule has 2 N–H and O–H groups in total. The molecular formula is C14H22N2O3S. The van der Waals surface area contributed by atoms with Crippen LogP contribution in [0.2, 0.25) is 0 Å². The first kappa shape index (κ1) is 15.3. The summed E-state index contributed by atoms with van der Waals surface area (Å²) in [6.45, 7) is 0.372. The first-order valence-electron chi connectivity index (χ1n) is 6.82. The van der Waals surface area contributed by atoms with Crippen LogP contribution in [0.1, 0.15) is 25.7 Å². The number of likely N-dealkylation sites (N-methyl/N-ethyl adjacent to an activating group) is 1. The highest BCUT2D eigenvalue weighted by Crippen LogP contribution is 2.33. The van der Waals surface area contributed by atoms with Crippen molar-refractivity contribution in [3.05, 3.63) is 24.3 Å². The lowest BCUT2D eigenvalue weighted by atomic mass is 9.97. The Morgan fingerprint density at radius 2 is 1.85 bits per heavy atom. The molecule has 0 aliphatic heterocycles. The van der Waals surface area contributed by atoms with Crippen molar-refractivity contribution in [2.45, 2.75) is 36.1 Å². The van der Waals surface area contributed by atoms with E-state index in [2.05, 4.69) is 9.62 Å². The molecule has 0 bridgehead atoms. The van der Waals surface area contributed by atoms with Gasteiger partial charge in [-0.25, -0.2) is 13.1 Å². The van der Waals surface area contributed by atoms with Crippen LogP contribution in [0.25, 0.3) is 0 Å². The van der Waals surface area contributed by atoms with Crippen LogP contribution in [0.5, 0.6) is 5.75 Å². The van der Waals surface area contributed by atoms with E-state index in [0.29, 0.717) is 6.54 Å². The normalized spacial score (nSPS) is 18.6. The quantitative estimate of drug-likeness (QED) is 0.865. The molecule has 0 heterocycles. The van der Waals surface area contributed by atoms with Crippen LogP contribution in [0, 0.1) is 0 Å². The summed E-state index contributed by atoms with van der Waals surface area (Å²) in [4.78, 5) is 2.04. The number of para-hydroxylation sites is 1. The molecule has 0 spiro atoms. The largest absolute Gasteiger partial charge is 0.507 e. The van der Waals surface area contributed by atoms with Crippen molar-refractivity contribution >= 4 is 10.0 Å². The van der Waals surface area contributed by atoms with Crippen molar-refractivity contribution in [2.24, 2.45) is 0 Å². The zero-order valence-corrected chi connectivity index (χ0v) is 12.8. The minimum absolute atomic E-state index is 0.0631. The number of benzene rings is 1. The van der Waals surface area contributed by atoms with Crippen LogP contribution >= 0.6 is 0 Å². The van der Waals surface area contributed by atoms with Gasteiger partial charge in [-0.1, -0.05) is 25.0 Å². The third-order valence-electron chi connectivity index (χ3n) is 4.23. The summed E-state index contributed by atoms with van der Waals surface area (Å²) in [5.74, 6) is -0.217. The van der Waals surface area contributed by atoms with E-state index < -0.39 is 10.0 Å². The van der Waals surface area contributed by atoms with E-state index in [1.54, 1.807) is 12.1 Å². The number of hydrogen-bond donors (Lipinski definition) is 2. The van der Waals surface area contributed by atoms with Gasteiger partial charge in [0.1, 0.15) is 10.6 Å². The lowest BCUT2D eigenvalue weighted by Crippen LogP contribution is -2.50. The van der Waals surface area contributed by atoms with Crippen LogP contribution in [-0.4, -0.2) is 44.6 Å². The van der Waals surface area contributed by atoms with Crippen molar-refractivity contribution in [3.63, 3.8) is 0 Å². The predicted molar refractivity (Wildman–Crippen MR) is 78.2 cm³/mol. The van der Waals surface area contributed by atoms with Gasteiger partial charge in [-0.05, 0) is 39.1 Å². The molecule has 1 saturated carbocycles. The molecule has 1 aromatic carbocycles. The summed E-state index contributed by atoms with van der Waals surface area (Å²) in [7, 11) is 0.295. The maximum atomic E-state index is 12.3. The molecule has 0 atom stereocenters. The first-order chi connectivity index (χ1) is 9.37.